The van der Waals surface area contributed by atoms with E-state index in [1.807, 2.05) is 0 Å². The molecule has 0 aliphatic heterocycles. The van der Waals surface area contributed by atoms with E-state index in [4.69, 9.17) is 0 Å². The molecule has 0 unspecified atom stereocenters. The zero-order valence-corrected chi connectivity index (χ0v) is 27.9. The van der Waals surface area contributed by atoms with Crippen LogP contribution in [-0.2, 0) is 0 Å². The van der Waals surface area contributed by atoms with E-state index in [0.717, 1.165) is 17.1 Å². The van der Waals surface area contributed by atoms with Crippen molar-refractivity contribution in [2.45, 2.75) is 46.5 Å². The number of hydrogen-bond donors (Lipinski definition) is 0. The van der Waals surface area contributed by atoms with Gasteiger partial charge < -0.3 is 4.90 Å². The van der Waals surface area contributed by atoms with Crippen LogP contribution in [0.2, 0.25) is 0 Å². The van der Waals surface area contributed by atoms with Crippen molar-refractivity contribution in [1.29, 1.82) is 0 Å². The van der Waals surface area contributed by atoms with E-state index in [1.165, 1.54) is 62.9 Å². The maximum absolute atomic E-state index is 2.36. The molecule has 0 spiro atoms. The van der Waals surface area contributed by atoms with Gasteiger partial charge in [-0.2, -0.15) is 0 Å². The first-order valence-electron chi connectivity index (χ1n) is 16.9. The second-order valence-corrected chi connectivity index (χ2v) is 13.8. The van der Waals surface area contributed by atoms with Crippen LogP contribution in [-0.4, -0.2) is 0 Å². The van der Waals surface area contributed by atoms with Gasteiger partial charge in [-0.05, 0) is 118 Å². The molecule has 1 heteroatoms. The Hall–Kier alpha value is -5.14. The average Bonchev–Trinajstić information content (AvgIpc) is 3.96. The van der Waals surface area contributed by atoms with Crippen LogP contribution >= 0.6 is 0 Å². The molecule has 7 rings (SSSR count). The van der Waals surface area contributed by atoms with Crippen LogP contribution in [0.1, 0.15) is 63.1 Å². The lowest BCUT2D eigenvalue weighted by molar-refractivity contribution is 0.567. The largest absolute Gasteiger partial charge is 0.311 e. The van der Waals surface area contributed by atoms with E-state index >= 15 is 0 Å². The molecule has 0 aromatic heterocycles. The van der Waals surface area contributed by atoms with Crippen LogP contribution in [0.5, 0.6) is 0 Å². The van der Waals surface area contributed by atoms with Crippen molar-refractivity contribution in [3.8, 4) is 22.3 Å². The fourth-order valence-corrected chi connectivity index (χ4v) is 6.96. The fraction of sp³-hybridized carbons (Fsp3) is 0.174. The molecule has 0 radical (unpaired) electrons. The minimum absolute atomic E-state index is 0.0147. The molecule has 1 nitrogen and oxygen atoms in total. The van der Waals surface area contributed by atoms with Crippen molar-refractivity contribution in [1.82, 2.24) is 0 Å². The zero-order chi connectivity index (χ0) is 32.4. The Labute approximate surface area is 280 Å². The molecule has 0 atom stereocenters. The second-order valence-electron chi connectivity index (χ2n) is 13.8. The Morgan fingerprint density at radius 2 is 0.894 bits per heavy atom. The van der Waals surface area contributed by atoms with E-state index < -0.39 is 0 Å². The summed E-state index contributed by atoms with van der Waals surface area (Å²) < 4.78 is 0. The molecule has 47 heavy (non-hydrogen) atoms. The Bertz CT molecular complexity index is 1890. The Balaban J connectivity index is 1.28. The summed E-state index contributed by atoms with van der Waals surface area (Å²) in [5.74, 6) is 0.703. The summed E-state index contributed by atoms with van der Waals surface area (Å²) in [4.78, 5) is 2.36. The molecule has 0 bridgehead atoms. The molecule has 1 saturated carbocycles. The molecule has 6 aromatic rings. The molecule has 6 aromatic carbocycles. The highest BCUT2D eigenvalue weighted by Crippen LogP contribution is 2.48. The van der Waals surface area contributed by atoms with Crippen LogP contribution in [0.3, 0.4) is 0 Å². The Morgan fingerprint density at radius 3 is 1.34 bits per heavy atom. The molecular formula is C46H43N. The van der Waals surface area contributed by atoms with E-state index in [9.17, 15) is 0 Å². The van der Waals surface area contributed by atoms with Gasteiger partial charge in [-0.1, -0.05) is 142 Å². The molecule has 1 aliphatic carbocycles. The van der Waals surface area contributed by atoms with Gasteiger partial charge in [-0.3, -0.25) is 0 Å². The molecule has 1 fully saturated rings. The summed E-state index contributed by atoms with van der Waals surface area (Å²) >= 11 is 0. The van der Waals surface area contributed by atoms with Crippen molar-refractivity contribution in [3.63, 3.8) is 0 Å². The maximum atomic E-state index is 2.36. The highest BCUT2D eigenvalue weighted by Gasteiger charge is 2.30. The highest BCUT2D eigenvalue weighted by molar-refractivity contribution is 5.93. The number of benzene rings is 6. The van der Waals surface area contributed by atoms with Crippen LogP contribution in [0.4, 0.5) is 17.1 Å². The SMILES string of the molecule is C/C(=C(\c1ccccc1C1CC1)C(C)(C)C)c1ccc(N(c2ccc(-c3ccccc3)cc2)c2ccc(-c3ccccc3)cc2)cc1. The third-order valence-corrected chi connectivity index (χ3v) is 9.40. The van der Waals surface area contributed by atoms with Crippen LogP contribution in [0, 0.1) is 5.41 Å². The lowest BCUT2D eigenvalue weighted by Crippen LogP contribution is -2.12. The number of hydrogen-bond acceptors (Lipinski definition) is 1. The number of allylic oxidation sites excluding steroid dienone is 2. The normalized spacial score (nSPS) is 13.6. The molecule has 0 amide bonds. The van der Waals surface area contributed by atoms with Gasteiger partial charge in [0.05, 0.1) is 0 Å². The summed E-state index contributed by atoms with van der Waals surface area (Å²) in [5, 5.41) is 0. The predicted molar refractivity (Wildman–Crippen MR) is 202 cm³/mol. The standard InChI is InChI=1S/C46H43N/c1-33(45(46(2,3)4)44-18-12-11-17-43(44)39-19-20-39)34-21-27-40(28-22-34)47(41-29-23-37(24-30-41)35-13-7-5-8-14-35)42-31-25-38(26-32-42)36-15-9-6-10-16-36/h5-18,21-32,39H,19-20H2,1-4H3/b45-33-. The summed E-state index contributed by atoms with van der Waals surface area (Å²) in [7, 11) is 0. The van der Waals surface area contributed by atoms with Crippen LogP contribution < -0.4 is 4.90 Å². The minimum Gasteiger partial charge on any atom is -0.311 e. The van der Waals surface area contributed by atoms with E-state index in [0.29, 0.717) is 5.92 Å². The second kappa shape index (κ2) is 12.9. The Morgan fingerprint density at radius 1 is 0.489 bits per heavy atom. The number of rotatable bonds is 8. The van der Waals surface area contributed by atoms with Gasteiger partial charge in [0, 0.05) is 17.1 Å². The summed E-state index contributed by atoms with van der Waals surface area (Å²) in [6.45, 7) is 9.36. The van der Waals surface area contributed by atoms with Crippen molar-refractivity contribution in [2.75, 3.05) is 4.90 Å². The van der Waals surface area contributed by atoms with Gasteiger partial charge in [-0.25, -0.2) is 0 Å². The predicted octanol–water partition coefficient (Wildman–Crippen LogP) is 13.3. The smallest absolute Gasteiger partial charge is 0.0462 e. The van der Waals surface area contributed by atoms with Gasteiger partial charge in [0.2, 0.25) is 0 Å². The van der Waals surface area contributed by atoms with Crippen molar-refractivity contribution in [3.05, 3.63) is 174 Å². The highest BCUT2D eigenvalue weighted by atomic mass is 15.1. The van der Waals surface area contributed by atoms with Crippen molar-refractivity contribution in [2.24, 2.45) is 5.41 Å². The Kier molecular flexibility index (Phi) is 8.39. The lowest BCUT2D eigenvalue weighted by atomic mass is 9.76. The summed E-state index contributed by atoms with van der Waals surface area (Å²) in [6, 6.07) is 57.3. The maximum Gasteiger partial charge on any atom is 0.0462 e. The topological polar surface area (TPSA) is 3.24 Å². The van der Waals surface area contributed by atoms with Crippen LogP contribution in [0.25, 0.3) is 33.4 Å². The van der Waals surface area contributed by atoms with E-state index in [2.05, 4.69) is 190 Å². The van der Waals surface area contributed by atoms with Gasteiger partial charge in [0.25, 0.3) is 0 Å². The van der Waals surface area contributed by atoms with E-state index in [-0.39, 0.29) is 5.41 Å². The third kappa shape index (κ3) is 6.58. The molecular weight excluding hydrogens is 567 g/mol. The van der Waals surface area contributed by atoms with Gasteiger partial charge in [0.15, 0.2) is 0 Å². The molecule has 1 aliphatic rings. The van der Waals surface area contributed by atoms with E-state index in [1.54, 1.807) is 0 Å². The summed E-state index contributed by atoms with van der Waals surface area (Å²) in [6.07, 6.45) is 2.60. The summed E-state index contributed by atoms with van der Waals surface area (Å²) in [5.41, 5.74) is 15.3. The first-order chi connectivity index (χ1) is 22.9. The van der Waals surface area contributed by atoms with Gasteiger partial charge in [-0.15, -0.1) is 0 Å². The molecule has 232 valence electrons. The monoisotopic (exact) mass is 609 g/mol. The molecule has 0 saturated heterocycles. The number of anilines is 3. The number of nitrogens with zero attached hydrogens (tertiary/aromatic N) is 1. The first kappa shape index (κ1) is 30.5. The third-order valence-electron chi connectivity index (χ3n) is 9.40. The van der Waals surface area contributed by atoms with Gasteiger partial charge >= 0.3 is 0 Å². The average molecular weight is 610 g/mol. The van der Waals surface area contributed by atoms with Crippen molar-refractivity contribution < 1.29 is 0 Å². The molecule has 0 N–H and O–H groups in total. The fourth-order valence-electron chi connectivity index (χ4n) is 6.96. The zero-order valence-electron chi connectivity index (χ0n) is 27.9. The van der Waals surface area contributed by atoms with Gasteiger partial charge in [0.1, 0.15) is 0 Å². The quantitative estimate of drug-likeness (QED) is 0.155. The van der Waals surface area contributed by atoms with Crippen LogP contribution in [0.15, 0.2) is 158 Å². The lowest BCUT2D eigenvalue weighted by Gasteiger charge is -2.29. The molecule has 0 heterocycles. The minimum atomic E-state index is 0.0147. The van der Waals surface area contributed by atoms with Crippen molar-refractivity contribution >= 4 is 28.2 Å². The first-order valence-corrected chi connectivity index (χ1v) is 16.9.